The number of hydrogen-bond donors (Lipinski definition) is 1. The first-order chi connectivity index (χ1) is 10.7. The van der Waals surface area contributed by atoms with Crippen LogP contribution >= 0.6 is 0 Å². The van der Waals surface area contributed by atoms with E-state index < -0.39 is 0 Å². The average molecular weight is 297 g/mol. The summed E-state index contributed by atoms with van der Waals surface area (Å²) in [6.07, 6.45) is 5.20. The number of fused-ring (bicyclic) bond motifs is 1. The number of nitrogens with one attached hydrogen (secondary N) is 1. The van der Waals surface area contributed by atoms with Crippen molar-refractivity contribution in [3.63, 3.8) is 0 Å². The van der Waals surface area contributed by atoms with Crippen LogP contribution in [0.5, 0.6) is 0 Å². The summed E-state index contributed by atoms with van der Waals surface area (Å²) < 4.78 is 0. The van der Waals surface area contributed by atoms with Gasteiger partial charge in [-0.1, -0.05) is 65.1 Å². The molecule has 1 aromatic carbocycles. The third-order valence-electron chi connectivity index (χ3n) is 2.81. The van der Waals surface area contributed by atoms with E-state index in [0.29, 0.717) is 5.39 Å². The molecule has 118 valence electrons. The second kappa shape index (κ2) is 10.4. The summed E-state index contributed by atoms with van der Waals surface area (Å²) in [6.45, 7) is 17.4. The predicted octanol–water partition coefficient (Wildman–Crippen LogP) is 5.64. The molecule has 1 N–H and O–H groups in total. The van der Waals surface area contributed by atoms with Crippen molar-refractivity contribution >= 4 is 16.5 Å². The Morgan fingerprint density at radius 1 is 1.09 bits per heavy atom. The number of benzene rings is 1. The van der Waals surface area contributed by atoms with Crippen LogP contribution in [0.2, 0.25) is 0 Å². The van der Waals surface area contributed by atoms with Crippen LogP contribution in [-0.4, -0.2) is 4.98 Å². The van der Waals surface area contributed by atoms with Crippen molar-refractivity contribution in [3.8, 4) is 0 Å². The Labute approximate surface area is 133 Å². The topological polar surface area (TPSA) is 32.9 Å². The van der Waals surface area contributed by atoms with Crippen LogP contribution in [-0.2, 0) is 0 Å². The first-order valence-corrected chi connectivity index (χ1v) is 7.75. The minimum Gasteiger partial charge on any atom is -0.354 e. The van der Waals surface area contributed by atoms with E-state index in [0.717, 1.165) is 22.3 Å². The lowest BCUT2D eigenvalue weighted by Gasteiger charge is -2.05. The normalized spacial score (nSPS) is 9.95. The van der Waals surface area contributed by atoms with E-state index in [-0.39, 0.29) is 5.43 Å². The Morgan fingerprint density at radius 2 is 1.73 bits per heavy atom. The number of pyridine rings is 1. The molecular formula is C20H27NO. The molecule has 0 amide bonds. The lowest BCUT2D eigenvalue weighted by molar-refractivity contribution is 1.32. The highest BCUT2D eigenvalue weighted by atomic mass is 16.1. The maximum atomic E-state index is 12.0. The van der Waals surface area contributed by atoms with Gasteiger partial charge >= 0.3 is 0 Å². The molecule has 0 aliphatic heterocycles. The third kappa shape index (κ3) is 4.88. The Morgan fingerprint density at radius 3 is 2.27 bits per heavy atom. The lowest BCUT2D eigenvalue weighted by atomic mass is 10.1. The van der Waals surface area contributed by atoms with Crippen molar-refractivity contribution < 1.29 is 0 Å². The number of allylic oxidation sites excluding steroid dienone is 4. The molecule has 0 fully saturated rings. The van der Waals surface area contributed by atoms with Crippen LogP contribution in [0.4, 0.5) is 0 Å². The van der Waals surface area contributed by atoms with Gasteiger partial charge in [0, 0.05) is 22.7 Å². The Bertz CT molecular complexity index is 705. The summed E-state index contributed by atoms with van der Waals surface area (Å²) in [6, 6.07) is 7.34. The van der Waals surface area contributed by atoms with Gasteiger partial charge in [0.05, 0.1) is 0 Å². The van der Waals surface area contributed by atoms with Crippen molar-refractivity contribution in [1.29, 1.82) is 0 Å². The van der Waals surface area contributed by atoms with Gasteiger partial charge in [0.1, 0.15) is 0 Å². The molecular weight excluding hydrogens is 270 g/mol. The summed E-state index contributed by atoms with van der Waals surface area (Å²) in [7, 11) is 0. The first-order valence-electron chi connectivity index (χ1n) is 7.75. The summed E-state index contributed by atoms with van der Waals surface area (Å²) >= 11 is 0. The lowest BCUT2D eigenvalue weighted by Crippen LogP contribution is -2.04. The zero-order valence-electron chi connectivity index (χ0n) is 14.4. The quantitative estimate of drug-likeness (QED) is 0.730. The van der Waals surface area contributed by atoms with E-state index in [1.54, 1.807) is 18.2 Å². The van der Waals surface area contributed by atoms with Crippen LogP contribution < -0.4 is 5.43 Å². The molecule has 2 heteroatoms. The van der Waals surface area contributed by atoms with Crippen LogP contribution in [0.15, 0.2) is 60.4 Å². The highest BCUT2D eigenvalue weighted by molar-refractivity contribution is 5.83. The van der Waals surface area contributed by atoms with E-state index in [1.807, 2.05) is 58.9 Å². The minimum absolute atomic E-state index is 0.00978. The molecule has 0 saturated carbocycles. The molecule has 0 spiro atoms. The monoisotopic (exact) mass is 297 g/mol. The van der Waals surface area contributed by atoms with E-state index in [2.05, 4.69) is 18.1 Å². The molecule has 0 radical (unpaired) electrons. The Balaban J connectivity index is 0.00000102. The first kappa shape index (κ1) is 19.7. The van der Waals surface area contributed by atoms with Gasteiger partial charge in [-0.05, 0) is 30.2 Å². The molecule has 1 aromatic heterocycles. The molecule has 0 saturated heterocycles. The third-order valence-corrected chi connectivity index (χ3v) is 2.81. The van der Waals surface area contributed by atoms with Crippen LogP contribution in [0.25, 0.3) is 16.5 Å². The minimum atomic E-state index is 0.00978. The number of aryl methyl sites for hydroxylation is 1. The number of aromatic nitrogens is 1. The standard InChI is InChI=1S/C16H15NO.2C2H6/c1-4-6-12(5-2)14-10-16(18)13-8-7-11(3)9-15(13)17-14;2*1-2/h4-10H,1-2H2,3H3,(H,17,18);2*1-2H3/b12-6+;;. The fourth-order valence-corrected chi connectivity index (χ4v) is 1.92. The van der Waals surface area contributed by atoms with Crippen LogP contribution in [0, 0.1) is 6.92 Å². The summed E-state index contributed by atoms with van der Waals surface area (Å²) in [4.78, 5) is 15.3. The van der Waals surface area contributed by atoms with Crippen molar-refractivity contribution in [2.24, 2.45) is 0 Å². The number of rotatable bonds is 3. The summed E-state index contributed by atoms with van der Waals surface area (Å²) in [5, 5.41) is 0.700. The van der Waals surface area contributed by atoms with Gasteiger partial charge in [0.2, 0.25) is 0 Å². The predicted molar refractivity (Wildman–Crippen MR) is 100 cm³/mol. The molecule has 0 bridgehead atoms. The highest BCUT2D eigenvalue weighted by Crippen LogP contribution is 2.16. The van der Waals surface area contributed by atoms with Gasteiger partial charge in [-0.3, -0.25) is 4.79 Å². The molecule has 2 rings (SSSR count). The smallest absolute Gasteiger partial charge is 0.190 e. The molecule has 0 atom stereocenters. The molecule has 0 aliphatic rings. The van der Waals surface area contributed by atoms with Crippen molar-refractivity contribution in [2.75, 3.05) is 0 Å². The molecule has 2 nitrogen and oxygen atoms in total. The van der Waals surface area contributed by atoms with Crippen LogP contribution in [0.3, 0.4) is 0 Å². The van der Waals surface area contributed by atoms with Gasteiger partial charge in [-0.25, -0.2) is 0 Å². The van der Waals surface area contributed by atoms with Crippen molar-refractivity contribution in [1.82, 2.24) is 4.98 Å². The van der Waals surface area contributed by atoms with Crippen LogP contribution in [0.1, 0.15) is 39.0 Å². The van der Waals surface area contributed by atoms with Gasteiger partial charge in [-0.15, -0.1) is 0 Å². The molecule has 1 heterocycles. The number of H-pyrrole nitrogens is 1. The zero-order valence-corrected chi connectivity index (χ0v) is 14.4. The Hall–Kier alpha value is -2.35. The van der Waals surface area contributed by atoms with Gasteiger partial charge in [0.15, 0.2) is 5.43 Å². The van der Waals surface area contributed by atoms with Crippen molar-refractivity contribution in [2.45, 2.75) is 34.6 Å². The summed E-state index contributed by atoms with van der Waals surface area (Å²) in [5.74, 6) is 0. The van der Waals surface area contributed by atoms with E-state index >= 15 is 0 Å². The number of hydrogen-bond acceptors (Lipinski definition) is 1. The second-order valence-corrected chi connectivity index (χ2v) is 4.16. The zero-order chi connectivity index (χ0) is 17.1. The fourth-order valence-electron chi connectivity index (χ4n) is 1.92. The Kier molecular flexibility index (Phi) is 9.28. The van der Waals surface area contributed by atoms with E-state index in [1.165, 1.54) is 0 Å². The summed E-state index contributed by atoms with van der Waals surface area (Å²) in [5.41, 5.74) is 3.58. The highest BCUT2D eigenvalue weighted by Gasteiger charge is 2.04. The number of aromatic amines is 1. The average Bonchev–Trinajstić information content (AvgIpc) is 2.55. The van der Waals surface area contributed by atoms with E-state index in [9.17, 15) is 4.79 Å². The maximum Gasteiger partial charge on any atom is 0.190 e. The molecule has 22 heavy (non-hydrogen) atoms. The molecule has 0 aliphatic carbocycles. The van der Waals surface area contributed by atoms with Gasteiger partial charge < -0.3 is 4.98 Å². The fraction of sp³-hybridized carbons (Fsp3) is 0.250. The molecule has 2 aromatic rings. The maximum absolute atomic E-state index is 12.0. The van der Waals surface area contributed by atoms with E-state index in [4.69, 9.17) is 0 Å². The SMILES string of the molecule is C=C/C=C(\C=C)c1cc(=O)c2ccc(C)cc2[nH]1.CC.CC. The second-order valence-electron chi connectivity index (χ2n) is 4.16. The van der Waals surface area contributed by atoms with Crippen molar-refractivity contribution in [3.05, 3.63) is 77.1 Å². The van der Waals surface area contributed by atoms with Gasteiger partial charge in [-0.2, -0.15) is 0 Å². The molecule has 0 unspecified atom stereocenters. The largest absolute Gasteiger partial charge is 0.354 e. The van der Waals surface area contributed by atoms with Gasteiger partial charge in [0.25, 0.3) is 0 Å².